The summed E-state index contributed by atoms with van der Waals surface area (Å²) in [6.45, 7) is 11.1. The number of carbonyl (C=O) groups excluding carboxylic acids is 1. The van der Waals surface area contributed by atoms with E-state index in [1.807, 2.05) is 0 Å². The van der Waals surface area contributed by atoms with Crippen LogP contribution in [0.2, 0.25) is 0 Å². The molecule has 1 saturated heterocycles. The second-order valence-corrected chi connectivity index (χ2v) is 7.21. The lowest BCUT2D eigenvalue weighted by molar-refractivity contribution is -0.135. The average Bonchev–Trinajstić information content (AvgIpc) is 2.73. The molecule has 116 valence electrons. The number of amides is 1. The van der Waals surface area contributed by atoms with Crippen LogP contribution in [0, 0.1) is 17.8 Å². The van der Waals surface area contributed by atoms with Gasteiger partial charge in [0, 0.05) is 6.04 Å². The van der Waals surface area contributed by atoms with Gasteiger partial charge in [0.05, 0.1) is 12.2 Å². The SMILES string of the molecule is CCC(C)C1NC(C)N(C2CCCCC2C(C)C)C1=O. The molecule has 3 heteroatoms. The third kappa shape index (κ3) is 2.88. The summed E-state index contributed by atoms with van der Waals surface area (Å²) in [4.78, 5) is 15.0. The number of nitrogens with one attached hydrogen (secondary N) is 1. The molecule has 2 fully saturated rings. The maximum absolute atomic E-state index is 12.8. The van der Waals surface area contributed by atoms with Crippen molar-refractivity contribution >= 4 is 5.91 Å². The molecule has 0 spiro atoms. The summed E-state index contributed by atoms with van der Waals surface area (Å²) in [5.41, 5.74) is 0. The van der Waals surface area contributed by atoms with Gasteiger partial charge in [0.2, 0.25) is 5.91 Å². The first kappa shape index (κ1) is 15.8. The molecule has 5 unspecified atom stereocenters. The Morgan fingerprint density at radius 3 is 2.50 bits per heavy atom. The number of rotatable bonds is 4. The van der Waals surface area contributed by atoms with Crippen LogP contribution in [0.4, 0.5) is 0 Å². The molecule has 1 amide bonds. The molecule has 2 aliphatic rings. The lowest BCUT2D eigenvalue weighted by atomic mass is 9.77. The Kier molecular flexibility index (Phi) is 5.11. The predicted octanol–water partition coefficient (Wildman–Crippen LogP) is 3.39. The van der Waals surface area contributed by atoms with Gasteiger partial charge in [-0.15, -0.1) is 0 Å². The van der Waals surface area contributed by atoms with Crippen LogP contribution in [0.15, 0.2) is 0 Å². The Morgan fingerprint density at radius 2 is 1.90 bits per heavy atom. The van der Waals surface area contributed by atoms with Gasteiger partial charge in [0.1, 0.15) is 0 Å². The van der Waals surface area contributed by atoms with Crippen molar-refractivity contribution in [3.8, 4) is 0 Å². The second kappa shape index (κ2) is 6.46. The van der Waals surface area contributed by atoms with Gasteiger partial charge in [-0.2, -0.15) is 0 Å². The number of nitrogens with zero attached hydrogens (tertiary/aromatic N) is 1. The van der Waals surface area contributed by atoms with Gasteiger partial charge in [-0.3, -0.25) is 10.1 Å². The molecule has 0 radical (unpaired) electrons. The fraction of sp³-hybridized carbons (Fsp3) is 0.941. The highest BCUT2D eigenvalue weighted by Gasteiger charge is 2.45. The molecule has 1 heterocycles. The van der Waals surface area contributed by atoms with Crippen LogP contribution in [0.5, 0.6) is 0 Å². The molecule has 1 saturated carbocycles. The highest BCUT2D eigenvalue weighted by Crippen LogP contribution is 2.36. The van der Waals surface area contributed by atoms with Gasteiger partial charge >= 0.3 is 0 Å². The first-order valence-corrected chi connectivity index (χ1v) is 8.55. The lowest BCUT2D eigenvalue weighted by Gasteiger charge is -2.41. The number of hydrogen-bond acceptors (Lipinski definition) is 2. The van der Waals surface area contributed by atoms with Gasteiger partial charge in [0.25, 0.3) is 0 Å². The van der Waals surface area contributed by atoms with E-state index in [-0.39, 0.29) is 12.2 Å². The van der Waals surface area contributed by atoms with E-state index in [2.05, 4.69) is 44.8 Å². The van der Waals surface area contributed by atoms with Crippen LogP contribution < -0.4 is 5.32 Å². The summed E-state index contributed by atoms with van der Waals surface area (Å²) in [5.74, 6) is 2.12. The van der Waals surface area contributed by atoms with Gasteiger partial charge in [-0.1, -0.05) is 47.0 Å². The standard InChI is InChI=1S/C17H32N2O/c1-6-12(4)16-17(20)19(13(5)18-16)15-10-8-7-9-14(15)11(2)3/h11-16,18H,6-10H2,1-5H3. The summed E-state index contributed by atoms with van der Waals surface area (Å²) in [6.07, 6.45) is 6.34. The van der Waals surface area contributed by atoms with Crippen LogP contribution in [0.3, 0.4) is 0 Å². The second-order valence-electron chi connectivity index (χ2n) is 7.21. The molecule has 2 rings (SSSR count). The minimum atomic E-state index is 0.0322. The molecule has 5 atom stereocenters. The summed E-state index contributed by atoms with van der Waals surface area (Å²) in [5, 5.41) is 3.54. The third-order valence-corrected chi connectivity index (χ3v) is 5.57. The number of hydrogen-bond donors (Lipinski definition) is 1. The summed E-state index contributed by atoms with van der Waals surface area (Å²) >= 11 is 0. The van der Waals surface area contributed by atoms with Crippen molar-refractivity contribution in [1.82, 2.24) is 10.2 Å². The van der Waals surface area contributed by atoms with Crippen molar-refractivity contribution in [3.63, 3.8) is 0 Å². The topological polar surface area (TPSA) is 32.3 Å². The van der Waals surface area contributed by atoms with Crippen molar-refractivity contribution in [1.29, 1.82) is 0 Å². The van der Waals surface area contributed by atoms with Crippen LogP contribution in [-0.2, 0) is 4.79 Å². The molecule has 0 aromatic rings. The van der Waals surface area contributed by atoms with Crippen LogP contribution >= 0.6 is 0 Å². The monoisotopic (exact) mass is 280 g/mol. The molecule has 20 heavy (non-hydrogen) atoms. The van der Waals surface area contributed by atoms with E-state index >= 15 is 0 Å². The van der Waals surface area contributed by atoms with Crippen molar-refractivity contribution in [3.05, 3.63) is 0 Å². The van der Waals surface area contributed by atoms with Crippen molar-refractivity contribution < 1.29 is 4.79 Å². The minimum Gasteiger partial charge on any atom is -0.323 e. The van der Waals surface area contributed by atoms with Crippen molar-refractivity contribution in [2.24, 2.45) is 17.8 Å². The summed E-state index contributed by atoms with van der Waals surface area (Å²) < 4.78 is 0. The molecule has 1 aliphatic carbocycles. The van der Waals surface area contributed by atoms with Gasteiger partial charge in [-0.25, -0.2) is 0 Å². The number of carbonyl (C=O) groups is 1. The van der Waals surface area contributed by atoms with E-state index in [0.29, 0.717) is 29.7 Å². The largest absolute Gasteiger partial charge is 0.323 e. The highest BCUT2D eigenvalue weighted by atomic mass is 16.2. The third-order valence-electron chi connectivity index (χ3n) is 5.57. The molecular formula is C17H32N2O. The minimum absolute atomic E-state index is 0.0322. The van der Waals surface area contributed by atoms with E-state index in [0.717, 1.165) is 6.42 Å². The zero-order valence-electron chi connectivity index (χ0n) is 13.9. The molecular weight excluding hydrogens is 248 g/mol. The highest BCUT2D eigenvalue weighted by molar-refractivity contribution is 5.85. The Labute approximate surface area is 124 Å². The first-order chi connectivity index (χ1) is 9.47. The maximum atomic E-state index is 12.8. The van der Waals surface area contributed by atoms with Gasteiger partial charge in [-0.05, 0) is 37.5 Å². The maximum Gasteiger partial charge on any atom is 0.241 e. The zero-order valence-corrected chi connectivity index (χ0v) is 13.9. The fourth-order valence-corrected chi connectivity index (χ4v) is 4.12. The molecule has 0 aromatic heterocycles. The fourth-order valence-electron chi connectivity index (χ4n) is 4.12. The Bertz CT molecular complexity index is 342. The van der Waals surface area contributed by atoms with Crippen LogP contribution in [-0.4, -0.2) is 29.1 Å². The molecule has 0 bridgehead atoms. The quantitative estimate of drug-likeness (QED) is 0.856. The lowest BCUT2D eigenvalue weighted by Crippen LogP contribution is -2.49. The Morgan fingerprint density at radius 1 is 1.25 bits per heavy atom. The molecule has 3 nitrogen and oxygen atoms in total. The Hall–Kier alpha value is -0.570. The van der Waals surface area contributed by atoms with E-state index in [1.54, 1.807) is 0 Å². The first-order valence-electron chi connectivity index (χ1n) is 8.55. The zero-order chi connectivity index (χ0) is 14.9. The molecule has 0 aromatic carbocycles. The predicted molar refractivity (Wildman–Crippen MR) is 83.3 cm³/mol. The van der Waals surface area contributed by atoms with E-state index < -0.39 is 0 Å². The smallest absolute Gasteiger partial charge is 0.241 e. The summed E-state index contributed by atoms with van der Waals surface area (Å²) in [7, 11) is 0. The van der Waals surface area contributed by atoms with Crippen LogP contribution in [0.1, 0.15) is 66.7 Å². The van der Waals surface area contributed by atoms with Gasteiger partial charge in [0.15, 0.2) is 0 Å². The van der Waals surface area contributed by atoms with Crippen LogP contribution in [0.25, 0.3) is 0 Å². The van der Waals surface area contributed by atoms with E-state index in [9.17, 15) is 4.79 Å². The van der Waals surface area contributed by atoms with Crippen molar-refractivity contribution in [2.45, 2.75) is 85.0 Å². The normalized spacial score (nSPS) is 36.7. The molecule has 1 aliphatic heterocycles. The van der Waals surface area contributed by atoms with Gasteiger partial charge < -0.3 is 4.90 Å². The van der Waals surface area contributed by atoms with E-state index in [1.165, 1.54) is 25.7 Å². The van der Waals surface area contributed by atoms with E-state index in [4.69, 9.17) is 0 Å². The summed E-state index contributed by atoms with van der Waals surface area (Å²) in [6, 6.07) is 0.484. The average molecular weight is 280 g/mol. The molecule has 1 N–H and O–H groups in total. The van der Waals surface area contributed by atoms with Crippen molar-refractivity contribution in [2.75, 3.05) is 0 Å². The Balaban J connectivity index is 2.16.